The summed E-state index contributed by atoms with van der Waals surface area (Å²) >= 11 is 6.13. The topological polar surface area (TPSA) is 38.8 Å². The molecular formula is C23H21ClFNO3. The van der Waals surface area contributed by atoms with Crippen molar-refractivity contribution in [2.45, 2.75) is 45.2 Å². The van der Waals surface area contributed by atoms with Crippen LogP contribution in [0.15, 0.2) is 30.0 Å². The van der Waals surface area contributed by atoms with Gasteiger partial charge in [-0.1, -0.05) is 30.5 Å². The maximum atomic E-state index is 14.2. The van der Waals surface area contributed by atoms with E-state index in [2.05, 4.69) is 4.90 Å². The maximum Gasteiger partial charge on any atom is 0.232 e. The van der Waals surface area contributed by atoms with Gasteiger partial charge in [0.25, 0.3) is 0 Å². The molecule has 1 saturated carbocycles. The van der Waals surface area contributed by atoms with Gasteiger partial charge in [-0.25, -0.2) is 4.39 Å². The lowest BCUT2D eigenvalue weighted by molar-refractivity contribution is 0.0567. The Kier molecular flexibility index (Phi) is 4.60. The third-order valence-electron chi connectivity index (χ3n) is 6.07. The molecule has 0 radical (unpaired) electrons. The molecule has 2 aliphatic heterocycles. The number of ether oxygens (including phenoxy) is 2. The Morgan fingerprint density at radius 1 is 1.28 bits per heavy atom. The molecule has 0 spiro atoms. The number of allylic oxidation sites excluding steroid dienone is 1. The van der Waals surface area contributed by atoms with Crippen LogP contribution in [0.2, 0.25) is 5.02 Å². The molecule has 3 aliphatic rings. The number of carbonyl (C=O) groups excluding carboxylic acids is 1. The van der Waals surface area contributed by atoms with Gasteiger partial charge >= 0.3 is 0 Å². The Bertz CT molecular complexity index is 1020. The monoisotopic (exact) mass is 413 g/mol. The average molecular weight is 414 g/mol. The maximum absolute atomic E-state index is 14.2. The van der Waals surface area contributed by atoms with Crippen molar-refractivity contribution in [3.63, 3.8) is 0 Å². The Morgan fingerprint density at radius 3 is 2.83 bits per heavy atom. The van der Waals surface area contributed by atoms with E-state index in [9.17, 15) is 9.18 Å². The summed E-state index contributed by atoms with van der Waals surface area (Å²) in [6.07, 6.45) is 6.22. The number of hydrogen-bond donors (Lipinski definition) is 0. The van der Waals surface area contributed by atoms with E-state index in [4.69, 9.17) is 21.1 Å². The first-order valence-electron chi connectivity index (χ1n) is 9.94. The molecule has 5 rings (SSSR count). The number of hydrogen-bond acceptors (Lipinski definition) is 4. The predicted molar refractivity (Wildman–Crippen MR) is 109 cm³/mol. The standard InChI is InChI=1S/C23H21ClFNO3/c1-13-9-19-16(11-26(12-28-19)14-5-2-3-6-14)23-21(13)22(27)20(29-23)10-15-17(24)7-4-8-18(15)25/h4,7-10,14H,2-3,5-6,11-12H2,1H3/b20-10-. The summed E-state index contributed by atoms with van der Waals surface area (Å²) in [5.74, 6) is 0.630. The first-order chi connectivity index (χ1) is 14.0. The summed E-state index contributed by atoms with van der Waals surface area (Å²) in [7, 11) is 0. The number of ketones is 1. The van der Waals surface area contributed by atoms with Crippen LogP contribution in [0.5, 0.6) is 11.5 Å². The zero-order chi connectivity index (χ0) is 20.1. The van der Waals surface area contributed by atoms with Gasteiger partial charge in [-0.05, 0) is 49.6 Å². The summed E-state index contributed by atoms with van der Waals surface area (Å²) < 4.78 is 26.2. The molecule has 2 aromatic carbocycles. The van der Waals surface area contributed by atoms with Gasteiger partial charge in [-0.3, -0.25) is 9.69 Å². The molecule has 29 heavy (non-hydrogen) atoms. The van der Waals surface area contributed by atoms with Gasteiger partial charge in [-0.2, -0.15) is 0 Å². The first kappa shape index (κ1) is 18.6. The molecule has 0 amide bonds. The normalized spacial score (nSPS) is 20.5. The van der Waals surface area contributed by atoms with Crippen molar-refractivity contribution in [3.05, 3.63) is 63.1 Å². The molecule has 2 heterocycles. The van der Waals surface area contributed by atoms with Crippen LogP contribution in [0.4, 0.5) is 4.39 Å². The molecule has 0 bridgehead atoms. The number of halogens is 2. The number of nitrogens with zero attached hydrogens (tertiary/aromatic N) is 1. The molecular weight excluding hydrogens is 393 g/mol. The molecule has 0 unspecified atom stereocenters. The van der Waals surface area contributed by atoms with E-state index in [0.717, 1.165) is 16.9 Å². The third kappa shape index (κ3) is 3.13. The number of Topliss-reactive ketones (excluding diaryl/α,β-unsaturated/α-hetero) is 1. The molecule has 2 aromatic rings. The Balaban J connectivity index is 1.54. The Morgan fingerprint density at radius 2 is 2.07 bits per heavy atom. The first-order valence-corrected chi connectivity index (χ1v) is 10.3. The number of fused-ring (bicyclic) bond motifs is 3. The van der Waals surface area contributed by atoms with Gasteiger partial charge in [0.2, 0.25) is 5.78 Å². The van der Waals surface area contributed by atoms with Crippen LogP contribution in [-0.2, 0) is 6.54 Å². The summed E-state index contributed by atoms with van der Waals surface area (Å²) in [5.41, 5.74) is 2.36. The lowest BCUT2D eigenvalue weighted by Crippen LogP contribution is -2.39. The molecule has 1 fully saturated rings. The largest absolute Gasteiger partial charge is 0.478 e. The van der Waals surface area contributed by atoms with Gasteiger partial charge < -0.3 is 9.47 Å². The Hall–Kier alpha value is -2.37. The van der Waals surface area contributed by atoms with Crippen molar-refractivity contribution in [1.82, 2.24) is 4.90 Å². The fourth-order valence-electron chi connectivity index (χ4n) is 4.53. The minimum atomic E-state index is -0.494. The van der Waals surface area contributed by atoms with E-state index in [1.165, 1.54) is 43.9 Å². The number of benzene rings is 2. The zero-order valence-corrected chi connectivity index (χ0v) is 16.9. The minimum Gasteiger partial charge on any atom is -0.478 e. The second kappa shape index (κ2) is 7.15. The number of rotatable bonds is 2. The summed E-state index contributed by atoms with van der Waals surface area (Å²) in [5, 5.41) is 0.236. The highest BCUT2D eigenvalue weighted by atomic mass is 35.5. The molecule has 0 saturated heterocycles. The second-order valence-corrected chi connectivity index (χ2v) is 8.32. The molecule has 0 N–H and O–H groups in total. The van der Waals surface area contributed by atoms with Crippen molar-refractivity contribution >= 4 is 23.5 Å². The molecule has 4 nitrogen and oxygen atoms in total. The quantitative estimate of drug-likeness (QED) is 0.609. The van der Waals surface area contributed by atoms with Crippen LogP contribution in [0.1, 0.15) is 52.7 Å². The van der Waals surface area contributed by atoms with Crippen molar-refractivity contribution in [2.75, 3.05) is 6.73 Å². The second-order valence-electron chi connectivity index (χ2n) is 7.91. The SMILES string of the molecule is Cc1cc2c(c3c1C(=O)/C(=C/c1c(F)cccc1Cl)O3)CN(C1CCCC1)CO2. The predicted octanol–water partition coefficient (Wildman–Crippen LogP) is 5.50. The molecule has 1 aliphatic carbocycles. The number of carbonyl (C=O) groups is 1. The van der Waals surface area contributed by atoms with Crippen LogP contribution >= 0.6 is 11.6 Å². The highest BCUT2D eigenvalue weighted by Gasteiger charge is 2.37. The Labute approximate surface area is 173 Å². The van der Waals surface area contributed by atoms with Gasteiger partial charge in [-0.15, -0.1) is 0 Å². The van der Waals surface area contributed by atoms with E-state index in [-0.39, 0.29) is 22.1 Å². The van der Waals surface area contributed by atoms with Crippen molar-refractivity contribution < 1.29 is 18.7 Å². The highest BCUT2D eigenvalue weighted by molar-refractivity contribution is 6.32. The fourth-order valence-corrected chi connectivity index (χ4v) is 4.75. The van der Waals surface area contributed by atoms with Gasteiger partial charge in [0.05, 0.1) is 16.1 Å². The van der Waals surface area contributed by atoms with E-state index in [0.29, 0.717) is 30.6 Å². The average Bonchev–Trinajstić information content (AvgIpc) is 3.34. The fraction of sp³-hybridized carbons (Fsp3) is 0.348. The lowest BCUT2D eigenvalue weighted by Gasteiger charge is -2.34. The zero-order valence-electron chi connectivity index (χ0n) is 16.1. The molecule has 0 aromatic heterocycles. The third-order valence-corrected chi connectivity index (χ3v) is 6.40. The van der Waals surface area contributed by atoms with Gasteiger partial charge in [0.15, 0.2) is 5.76 Å². The van der Waals surface area contributed by atoms with Crippen LogP contribution in [0, 0.1) is 12.7 Å². The smallest absolute Gasteiger partial charge is 0.232 e. The summed E-state index contributed by atoms with van der Waals surface area (Å²) in [6, 6.07) is 6.83. The van der Waals surface area contributed by atoms with Crippen LogP contribution < -0.4 is 9.47 Å². The van der Waals surface area contributed by atoms with Gasteiger partial charge in [0.1, 0.15) is 24.0 Å². The minimum absolute atomic E-state index is 0.0847. The molecule has 150 valence electrons. The molecule has 6 heteroatoms. The van der Waals surface area contributed by atoms with E-state index in [1.807, 2.05) is 13.0 Å². The molecule has 0 atom stereocenters. The van der Waals surface area contributed by atoms with Crippen molar-refractivity contribution in [3.8, 4) is 11.5 Å². The van der Waals surface area contributed by atoms with Crippen molar-refractivity contribution in [1.29, 1.82) is 0 Å². The van der Waals surface area contributed by atoms with E-state index < -0.39 is 5.82 Å². The highest BCUT2D eigenvalue weighted by Crippen LogP contribution is 2.45. The van der Waals surface area contributed by atoms with Crippen LogP contribution in [0.25, 0.3) is 6.08 Å². The van der Waals surface area contributed by atoms with Crippen LogP contribution in [-0.4, -0.2) is 23.5 Å². The summed E-state index contributed by atoms with van der Waals surface area (Å²) in [4.78, 5) is 15.4. The van der Waals surface area contributed by atoms with Gasteiger partial charge in [0, 0.05) is 18.2 Å². The lowest BCUT2D eigenvalue weighted by atomic mass is 9.98. The van der Waals surface area contributed by atoms with Crippen molar-refractivity contribution in [2.24, 2.45) is 0 Å². The van der Waals surface area contributed by atoms with Crippen LogP contribution in [0.3, 0.4) is 0 Å². The van der Waals surface area contributed by atoms with E-state index in [1.54, 1.807) is 6.07 Å². The van der Waals surface area contributed by atoms with E-state index >= 15 is 0 Å². The number of aryl methyl sites for hydroxylation is 1. The summed E-state index contributed by atoms with van der Waals surface area (Å²) in [6.45, 7) is 3.10.